The van der Waals surface area contributed by atoms with Gasteiger partial charge in [-0.15, -0.1) is 0 Å². The molecular formula is C24H27N3O4S. The van der Waals surface area contributed by atoms with E-state index in [9.17, 15) is 9.59 Å². The second kappa shape index (κ2) is 9.34. The van der Waals surface area contributed by atoms with Crippen molar-refractivity contribution in [3.05, 3.63) is 64.7 Å². The Kier molecular flexibility index (Phi) is 6.53. The first-order valence-electron chi connectivity index (χ1n) is 10.7. The number of benzene rings is 2. The van der Waals surface area contributed by atoms with Crippen LogP contribution in [0.1, 0.15) is 40.4 Å². The van der Waals surface area contributed by atoms with Crippen LogP contribution in [0.25, 0.3) is 0 Å². The van der Waals surface area contributed by atoms with Crippen molar-refractivity contribution in [2.24, 2.45) is 16.8 Å². The predicted octanol–water partition coefficient (Wildman–Crippen LogP) is 3.00. The van der Waals surface area contributed by atoms with Crippen LogP contribution in [-0.4, -0.2) is 58.4 Å². The minimum absolute atomic E-state index is 0.0699. The Morgan fingerprint density at radius 2 is 1.91 bits per heavy atom. The van der Waals surface area contributed by atoms with Gasteiger partial charge in [-0.2, -0.15) is 16.9 Å². The third-order valence-corrected chi connectivity index (χ3v) is 6.83. The van der Waals surface area contributed by atoms with Crippen molar-refractivity contribution in [3.63, 3.8) is 0 Å². The lowest BCUT2D eigenvalue weighted by Gasteiger charge is -2.39. The Labute approximate surface area is 191 Å². The van der Waals surface area contributed by atoms with Crippen LogP contribution in [0.5, 0.6) is 5.75 Å². The van der Waals surface area contributed by atoms with Crippen molar-refractivity contribution < 1.29 is 19.4 Å². The summed E-state index contributed by atoms with van der Waals surface area (Å²) in [4.78, 5) is 24.2. The number of ether oxygens (including phenoxy) is 1. The number of thioether (sulfide) groups is 1. The summed E-state index contributed by atoms with van der Waals surface area (Å²) in [5.74, 6) is 1.36. The molecule has 0 radical (unpaired) electrons. The van der Waals surface area contributed by atoms with Crippen LogP contribution >= 0.6 is 11.8 Å². The highest BCUT2D eigenvalue weighted by Gasteiger charge is 2.39. The van der Waals surface area contributed by atoms with Gasteiger partial charge in [0.1, 0.15) is 5.75 Å². The number of carbonyl (C=O) groups excluding carboxylic acids is 1. The Hall–Kier alpha value is -2.84. The fourth-order valence-electron chi connectivity index (χ4n) is 3.94. The number of carboxylic acid groups (broad SMARTS) is 1. The molecule has 0 aliphatic carbocycles. The summed E-state index contributed by atoms with van der Waals surface area (Å²) in [6, 6.07) is 12.6. The fourth-order valence-corrected chi connectivity index (χ4v) is 4.82. The lowest BCUT2D eigenvalue weighted by molar-refractivity contribution is -0.140. The van der Waals surface area contributed by atoms with Gasteiger partial charge in [-0.3, -0.25) is 20.3 Å². The van der Waals surface area contributed by atoms with Gasteiger partial charge < -0.3 is 9.84 Å². The van der Waals surface area contributed by atoms with Crippen LogP contribution in [0, 0.1) is 5.92 Å². The number of nitrogens with zero attached hydrogens (tertiary/aromatic N) is 2. The third-order valence-electron chi connectivity index (χ3n) is 5.89. The zero-order valence-electron chi connectivity index (χ0n) is 18.0. The second-order valence-electron chi connectivity index (χ2n) is 8.37. The first-order chi connectivity index (χ1) is 15.3. The van der Waals surface area contributed by atoms with E-state index in [-0.39, 0.29) is 18.1 Å². The molecule has 32 heavy (non-hydrogen) atoms. The van der Waals surface area contributed by atoms with Gasteiger partial charge in [0.05, 0.1) is 12.6 Å². The number of carboxylic acids is 1. The van der Waals surface area contributed by atoms with Crippen LogP contribution in [0.15, 0.2) is 47.6 Å². The summed E-state index contributed by atoms with van der Waals surface area (Å²) in [6.07, 6.45) is 2.25. The highest BCUT2D eigenvalue weighted by molar-refractivity contribution is 7.99. The highest BCUT2D eigenvalue weighted by atomic mass is 32.2. The highest BCUT2D eigenvalue weighted by Crippen LogP contribution is 2.37. The molecule has 8 heteroatoms. The lowest BCUT2D eigenvalue weighted by Crippen LogP contribution is -2.53. The summed E-state index contributed by atoms with van der Waals surface area (Å²) in [6.45, 7) is 3.59. The predicted molar refractivity (Wildman–Crippen MR) is 125 cm³/mol. The van der Waals surface area contributed by atoms with Crippen LogP contribution in [-0.2, 0) is 11.2 Å². The van der Waals surface area contributed by atoms with Gasteiger partial charge in [-0.25, -0.2) is 0 Å². The number of carbonyl (C=O) groups is 2. The van der Waals surface area contributed by atoms with E-state index >= 15 is 0 Å². The molecule has 2 aromatic carbocycles. The van der Waals surface area contributed by atoms with Crippen molar-refractivity contribution in [2.75, 3.05) is 24.6 Å². The molecule has 1 saturated heterocycles. The number of hydrogen-bond donors (Lipinski definition) is 2. The van der Waals surface area contributed by atoms with Crippen molar-refractivity contribution in [1.29, 1.82) is 0 Å². The molecule has 168 valence electrons. The number of fused-ring (bicyclic) bond motifs is 1. The first-order valence-corrected chi connectivity index (χ1v) is 11.8. The van der Waals surface area contributed by atoms with Crippen LogP contribution < -0.4 is 10.5 Å². The number of ketones is 1. The molecule has 3 N–H and O–H groups in total. The minimum Gasteiger partial charge on any atom is -0.481 e. The molecule has 2 unspecified atom stereocenters. The molecule has 4 rings (SSSR count). The fraction of sp³-hybridized carbons (Fsp3) is 0.375. The SMILES string of the molecule is CC1(N)Oc2cc(C(=O)c3ccc(C=NN4CCSCC4)cc3)ccc2CC1CC(=O)O. The second-order valence-corrected chi connectivity index (χ2v) is 9.59. The van der Waals surface area contributed by atoms with Gasteiger partial charge in [0.2, 0.25) is 0 Å². The van der Waals surface area contributed by atoms with E-state index in [0.29, 0.717) is 23.3 Å². The molecule has 0 aromatic heterocycles. The van der Waals surface area contributed by atoms with Gasteiger partial charge in [-0.1, -0.05) is 36.4 Å². The van der Waals surface area contributed by atoms with E-state index in [2.05, 4.69) is 10.1 Å². The summed E-state index contributed by atoms with van der Waals surface area (Å²) in [7, 11) is 0. The maximum atomic E-state index is 13.0. The number of nitrogens with two attached hydrogens (primary N) is 1. The van der Waals surface area contributed by atoms with Gasteiger partial charge in [-0.05, 0) is 30.5 Å². The normalized spacial score (nSPS) is 22.9. The van der Waals surface area contributed by atoms with Gasteiger partial charge >= 0.3 is 5.97 Å². The smallest absolute Gasteiger partial charge is 0.303 e. The third kappa shape index (κ3) is 5.14. The maximum absolute atomic E-state index is 13.0. The molecule has 0 amide bonds. The summed E-state index contributed by atoms with van der Waals surface area (Å²) < 4.78 is 5.91. The Morgan fingerprint density at radius 1 is 1.22 bits per heavy atom. The van der Waals surface area contributed by atoms with Gasteiger partial charge in [0.15, 0.2) is 11.5 Å². The molecule has 2 aliphatic rings. The van der Waals surface area contributed by atoms with Crippen LogP contribution in [0.4, 0.5) is 0 Å². The first kappa shape index (κ1) is 22.4. The lowest BCUT2D eigenvalue weighted by atomic mass is 9.84. The number of rotatable bonds is 6. The quantitative estimate of drug-likeness (QED) is 0.512. The van der Waals surface area contributed by atoms with E-state index in [4.69, 9.17) is 15.6 Å². The molecule has 0 bridgehead atoms. The maximum Gasteiger partial charge on any atom is 0.303 e. The van der Waals surface area contributed by atoms with Crippen molar-refractivity contribution in [1.82, 2.24) is 5.01 Å². The Morgan fingerprint density at radius 3 is 2.59 bits per heavy atom. The molecule has 7 nitrogen and oxygen atoms in total. The number of hydrazone groups is 1. The Balaban J connectivity index is 1.47. The molecule has 1 fully saturated rings. The van der Waals surface area contributed by atoms with E-state index in [1.54, 1.807) is 31.2 Å². The topological polar surface area (TPSA) is 105 Å². The molecule has 2 aromatic rings. The van der Waals surface area contributed by atoms with Crippen LogP contribution in [0.3, 0.4) is 0 Å². The van der Waals surface area contributed by atoms with Crippen molar-refractivity contribution in [2.45, 2.75) is 25.5 Å². The molecule has 0 saturated carbocycles. The monoisotopic (exact) mass is 453 g/mol. The standard InChI is InChI=1S/C24H27N3O4S/c1-24(25)20(14-22(28)29)12-18-6-7-19(13-21(18)31-24)23(30)17-4-2-16(3-5-17)15-26-27-8-10-32-11-9-27/h2-7,13,15,20H,8-12,14,25H2,1H3,(H,28,29). The zero-order chi connectivity index (χ0) is 22.7. The average molecular weight is 454 g/mol. The van der Waals surface area contributed by atoms with E-state index in [1.807, 2.05) is 36.2 Å². The summed E-state index contributed by atoms with van der Waals surface area (Å²) in [5, 5.41) is 15.7. The Bertz CT molecular complexity index is 1030. The molecule has 2 heterocycles. The zero-order valence-corrected chi connectivity index (χ0v) is 18.8. The largest absolute Gasteiger partial charge is 0.481 e. The average Bonchev–Trinajstić information content (AvgIpc) is 2.78. The minimum atomic E-state index is -1.11. The molecular weight excluding hydrogens is 426 g/mol. The van der Waals surface area contributed by atoms with Gasteiger partial charge in [0.25, 0.3) is 0 Å². The molecule has 2 aliphatic heterocycles. The van der Waals surface area contributed by atoms with E-state index in [1.165, 1.54) is 0 Å². The van der Waals surface area contributed by atoms with Crippen molar-refractivity contribution in [3.8, 4) is 5.75 Å². The molecule has 2 atom stereocenters. The number of hydrogen-bond acceptors (Lipinski definition) is 7. The van der Waals surface area contributed by atoms with E-state index in [0.717, 1.165) is 35.7 Å². The van der Waals surface area contributed by atoms with Gasteiger partial charge in [0, 0.05) is 41.6 Å². The van der Waals surface area contributed by atoms with Crippen molar-refractivity contribution >= 4 is 29.7 Å². The van der Waals surface area contributed by atoms with E-state index < -0.39 is 11.7 Å². The molecule has 0 spiro atoms. The number of aliphatic carboxylic acids is 1. The summed E-state index contributed by atoms with van der Waals surface area (Å²) >= 11 is 1.94. The van der Waals surface area contributed by atoms with Crippen LogP contribution in [0.2, 0.25) is 0 Å². The summed E-state index contributed by atoms with van der Waals surface area (Å²) in [5.41, 5.74) is 8.00.